The minimum Gasteiger partial charge on any atom is -0.329 e. The summed E-state index contributed by atoms with van der Waals surface area (Å²) >= 11 is 0. The maximum Gasteiger partial charge on any atom is 0.0958 e. The molecule has 0 spiro atoms. The number of para-hydroxylation sites is 2. The highest BCUT2D eigenvalue weighted by Crippen LogP contribution is 2.13. The molecule has 0 aliphatic carbocycles. The standard InChI is InChI=1S/C15H21N3/c1-3-7-13(16-10-4-2)11-18-12-17-14-8-5-6-9-15(14)18/h3,5-6,8-9,12-13,16H,1,4,7,10-11H2,2H3. The lowest BCUT2D eigenvalue weighted by atomic mass is 10.2. The van der Waals surface area contributed by atoms with E-state index < -0.39 is 0 Å². The number of nitrogens with one attached hydrogen (secondary N) is 1. The molecule has 3 heteroatoms. The molecule has 0 saturated heterocycles. The van der Waals surface area contributed by atoms with Gasteiger partial charge in [0.2, 0.25) is 0 Å². The van der Waals surface area contributed by atoms with Crippen molar-refractivity contribution >= 4 is 11.0 Å². The van der Waals surface area contributed by atoms with E-state index in [0.717, 1.165) is 31.4 Å². The number of rotatable bonds is 7. The number of fused-ring (bicyclic) bond motifs is 1. The quantitative estimate of drug-likeness (QED) is 0.758. The monoisotopic (exact) mass is 243 g/mol. The van der Waals surface area contributed by atoms with Gasteiger partial charge in [0.1, 0.15) is 0 Å². The maximum atomic E-state index is 4.42. The van der Waals surface area contributed by atoms with Crippen LogP contribution in [0.5, 0.6) is 0 Å². The van der Waals surface area contributed by atoms with Gasteiger partial charge < -0.3 is 9.88 Å². The maximum absolute atomic E-state index is 4.42. The van der Waals surface area contributed by atoms with Crippen molar-refractivity contribution in [3.8, 4) is 0 Å². The van der Waals surface area contributed by atoms with Crippen LogP contribution in [-0.2, 0) is 6.54 Å². The van der Waals surface area contributed by atoms with E-state index in [1.807, 2.05) is 24.5 Å². The van der Waals surface area contributed by atoms with Crippen LogP contribution >= 0.6 is 0 Å². The van der Waals surface area contributed by atoms with Gasteiger partial charge in [-0.3, -0.25) is 0 Å². The predicted octanol–water partition coefficient (Wildman–Crippen LogP) is 2.98. The van der Waals surface area contributed by atoms with Gasteiger partial charge in [-0.05, 0) is 31.5 Å². The zero-order valence-corrected chi connectivity index (χ0v) is 11.0. The second-order valence-corrected chi connectivity index (χ2v) is 4.56. The molecule has 2 rings (SSSR count). The van der Waals surface area contributed by atoms with Gasteiger partial charge in [-0.1, -0.05) is 25.1 Å². The van der Waals surface area contributed by atoms with Crippen molar-refractivity contribution in [1.29, 1.82) is 0 Å². The van der Waals surface area contributed by atoms with E-state index in [4.69, 9.17) is 0 Å². The zero-order chi connectivity index (χ0) is 12.8. The number of benzene rings is 1. The average molecular weight is 243 g/mol. The van der Waals surface area contributed by atoms with Crippen molar-refractivity contribution in [3.05, 3.63) is 43.2 Å². The Balaban J connectivity index is 2.12. The minimum atomic E-state index is 0.431. The van der Waals surface area contributed by atoms with Crippen molar-refractivity contribution in [2.45, 2.75) is 32.4 Å². The first-order valence-electron chi connectivity index (χ1n) is 6.59. The summed E-state index contributed by atoms with van der Waals surface area (Å²) < 4.78 is 2.21. The van der Waals surface area contributed by atoms with Crippen molar-refractivity contribution in [1.82, 2.24) is 14.9 Å². The Kier molecular flexibility index (Phi) is 4.53. The van der Waals surface area contributed by atoms with Gasteiger partial charge in [0.05, 0.1) is 17.4 Å². The molecule has 0 saturated carbocycles. The second kappa shape index (κ2) is 6.36. The Morgan fingerprint density at radius 1 is 1.44 bits per heavy atom. The molecule has 0 amide bonds. The average Bonchev–Trinajstić information content (AvgIpc) is 2.80. The SMILES string of the molecule is C=CCC(Cn1cnc2ccccc21)NCCC. The van der Waals surface area contributed by atoms with Crippen LogP contribution in [0.1, 0.15) is 19.8 Å². The van der Waals surface area contributed by atoms with E-state index >= 15 is 0 Å². The van der Waals surface area contributed by atoms with Crippen molar-refractivity contribution in [3.63, 3.8) is 0 Å². The van der Waals surface area contributed by atoms with Gasteiger partial charge in [-0.25, -0.2) is 4.98 Å². The molecule has 1 N–H and O–H groups in total. The molecule has 18 heavy (non-hydrogen) atoms. The van der Waals surface area contributed by atoms with E-state index in [9.17, 15) is 0 Å². The molecule has 0 aliphatic rings. The first kappa shape index (κ1) is 12.8. The fourth-order valence-corrected chi connectivity index (χ4v) is 2.17. The predicted molar refractivity (Wildman–Crippen MR) is 76.6 cm³/mol. The summed E-state index contributed by atoms with van der Waals surface area (Å²) in [6.07, 6.45) is 6.03. The molecule has 96 valence electrons. The van der Waals surface area contributed by atoms with Crippen LogP contribution in [0.25, 0.3) is 11.0 Å². The Morgan fingerprint density at radius 2 is 2.28 bits per heavy atom. The number of aromatic nitrogens is 2. The van der Waals surface area contributed by atoms with E-state index in [2.05, 4.69) is 40.5 Å². The van der Waals surface area contributed by atoms with Gasteiger partial charge in [0.25, 0.3) is 0 Å². The van der Waals surface area contributed by atoms with Crippen molar-refractivity contribution in [2.24, 2.45) is 0 Å². The van der Waals surface area contributed by atoms with Gasteiger partial charge in [0.15, 0.2) is 0 Å². The van der Waals surface area contributed by atoms with Crippen LogP contribution in [0, 0.1) is 0 Å². The van der Waals surface area contributed by atoms with Gasteiger partial charge in [-0.2, -0.15) is 0 Å². The Hall–Kier alpha value is -1.61. The number of imidazole rings is 1. The van der Waals surface area contributed by atoms with Gasteiger partial charge >= 0.3 is 0 Å². The van der Waals surface area contributed by atoms with Crippen LogP contribution in [-0.4, -0.2) is 22.1 Å². The summed E-state index contributed by atoms with van der Waals surface area (Å²) in [7, 11) is 0. The lowest BCUT2D eigenvalue weighted by Crippen LogP contribution is -2.33. The van der Waals surface area contributed by atoms with E-state index in [0.29, 0.717) is 6.04 Å². The smallest absolute Gasteiger partial charge is 0.0958 e. The Bertz CT molecular complexity index is 501. The summed E-state index contributed by atoms with van der Waals surface area (Å²) in [5.41, 5.74) is 2.26. The third-order valence-corrected chi connectivity index (χ3v) is 3.08. The molecule has 0 radical (unpaired) electrons. The molecule has 2 aromatic rings. The summed E-state index contributed by atoms with van der Waals surface area (Å²) in [4.78, 5) is 4.42. The highest BCUT2D eigenvalue weighted by molar-refractivity contribution is 5.74. The lowest BCUT2D eigenvalue weighted by Gasteiger charge is -2.17. The second-order valence-electron chi connectivity index (χ2n) is 4.56. The highest BCUT2D eigenvalue weighted by atomic mass is 15.1. The lowest BCUT2D eigenvalue weighted by molar-refractivity contribution is 0.456. The van der Waals surface area contributed by atoms with Gasteiger partial charge in [0, 0.05) is 12.6 Å². The molecular weight excluding hydrogens is 222 g/mol. The minimum absolute atomic E-state index is 0.431. The molecule has 1 heterocycles. The Labute approximate surface area is 109 Å². The van der Waals surface area contributed by atoms with E-state index in [1.165, 1.54) is 5.52 Å². The zero-order valence-electron chi connectivity index (χ0n) is 11.0. The van der Waals surface area contributed by atoms with Gasteiger partial charge in [-0.15, -0.1) is 6.58 Å². The third-order valence-electron chi connectivity index (χ3n) is 3.08. The van der Waals surface area contributed by atoms with Crippen LogP contribution in [0.4, 0.5) is 0 Å². The van der Waals surface area contributed by atoms with Crippen LogP contribution < -0.4 is 5.32 Å². The molecule has 1 aromatic carbocycles. The molecule has 3 nitrogen and oxygen atoms in total. The first-order chi connectivity index (χ1) is 8.85. The molecule has 0 aliphatic heterocycles. The highest BCUT2D eigenvalue weighted by Gasteiger charge is 2.09. The van der Waals surface area contributed by atoms with E-state index in [1.54, 1.807) is 0 Å². The molecule has 1 aromatic heterocycles. The number of hydrogen-bond donors (Lipinski definition) is 1. The topological polar surface area (TPSA) is 29.9 Å². The summed E-state index contributed by atoms with van der Waals surface area (Å²) in [5, 5.41) is 3.55. The summed E-state index contributed by atoms with van der Waals surface area (Å²) in [5.74, 6) is 0. The molecular formula is C15H21N3. The van der Waals surface area contributed by atoms with Crippen LogP contribution in [0.3, 0.4) is 0 Å². The van der Waals surface area contributed by atoms with Crippen molar-refractivity contribution < 1.29 is 0 Å². The molecule has 1 unspecified atom stereocenters. The molecule has 1 atom stereocenters. The van der Waals surface area contributed by atoms with Crippen molar-refractivity contribution in [2.75, 3.05) is 6.54 Å². The van der Waals surface area contributed by atoms with E-state index in [-0.39, 0.29) is 0 Å². The fourth-order valence-electron chi connectivity index (χ4n) is 2.17. The summed E-state index contributed by atoms with van der Waals surface area (Å²) in [6.45, 7) is 8.00. The summed E-state index contributed by atoms with van der Waals surface area (Å²) in [6, 6.07) is 8.68. The third kappa shape index (κ3) is 2.99. The number of nitrogens with zero attached hydrogens (tertiary/aromatic N) is 2. The fraction of sp³-hybridized carbons (Fsp3) is 0.400. The molecule has 0 bridgehead atoms. The van der Waals surface area contributed by atoms with Crippen LogP contribution in [0.15, 0.2) is 43.2 Å². The first-order valence-corrected chi connectivity index (χ1v) is 6.59. The Morgan fingerprint density at radius 3 is 3.06 bits per heavy atom. The molecule has 0 fully saturated rings. The van der Waals surface area contributed by atoms with Crippen LogP contribution in [0.2, 0.25) is 0 Å². The number of hydrogen-bond acceptors (Lipinski definition) is 2. The largest absolute Gasteiger partial charge is 0.329 e. The normalized spacial score (nSPS) is 12.7.